The topological polar surface area (TPSA) is 530 Å². The Balaban J connectivity index is 1.26. The molecule has 0 radical (unpaired) electrons. The minimum absolute atomic E-state index is 0.0225. The number of aromatic hydroxyl groups is 1. The number of benzene rings is 4. The van der Waals surface area contributed by atoms with Crippen LogP contribution in [0.3, 0.4) is 0 Å². The van der Waals surface area contributed by atoms with Crippen LogP contribution in [0.4, 0.5) is 0 Å². The second-order valence-corrected chi connectivity index (χ2v) is 29.0. The van der Waals surface area contributed by atoms with E-state index in [-0.39, 0.29) is 101 Å². The van der Waals surface area contributed by atoms with Crippen LogP contribution in [0.25, 0.3) is 0 Å². The first-order chi connectivity index (χ1) is 52.7. The number of likely N-dealkylation sites (tertiary alicyclic amines) is 1. The molecule has 111 heavy (non-hydrogen) atoms. The molecule has 11 atom stereocenters. The van der Waals surface area contributed by atoms with Gasteiger partial charge in [0.25, 0.3) is 0 Å². The summed E-state index contributed by atoms with van der Waals surface area (Å²) in [7, 11) is 0. The van der Waals surface area contributed by atoms with Crippen LogP contribution in [0.5, 0.6) is 5.75 Å². The predicted molar refractivity (Wildman–Crippen MR) is 408 cm³/mol. The maximum absolute atomic E-state index is 14.6. The lowest BCUT2D eigenvalue weighted by atomic mass is 9.98. The van der Waals surface area contributed by atoms with Gasteiger partial charge in [0.15, 0.2) is 0 Å². The van der Waals surface area contributed by atoms with Gasteiger partial charge in [0.1, 0.15) is 66.2 Å². The van der Waals surface area contributed by atoms with Gasteiger partial charge in [-0.1, -0.05) is 145 Å². The Labute approximate surface area is 645 Å². The number of phenolic OH excluding ortho intramolecular Hbond substituents is 1. The molecule has 0 unspecified atom stereocenters. The van der Waals surface area contributed by atoms with Crippen LogP contribution in [0.1, 0.15) is 134 Å². The molecular formula is C78H109N15O18. The van der Waals surface area contributed by atoms with Gasteiger partial charge in [0.2, 0.25) is 76.8 Å². The van der Waals surface area contributed by atoms with E-state index >= 15 is 0 Å². The standard InChI is InChI=1S/C78H109N15O18/c1-45(2)35-56(71(103)87-58(37-47(5)6)73(105)92-62(41-51-27-29-52(94)30-28-51)77(109)93-34-18-26-63(93)76(108)86-55(78(110)111)31-32-64(81)95)89-75(107)61(42-67(98)99)84-66(97)44-82-65(96)43-83-69(101)59(39-49-21-12-8-13-22-49)90-72(104)57(36-46(3)4)88-74(106)60(40-50-23-14-9-15-24-50)91-70(102)54(25-16-17-33-79)85-68(100)53(80)38-48-19-10-7-11-20-48/h7-15,19-24,27-30,45-47,53-63,94H,16-18,25-26,31-44,79-80H2,1-6H3,(H2,81,95)(H,82,96)(H,83,101)(H,84,97)(H,85,100)(H,86,108)(H,87,103)(H,88,106)(H,89,107)(H,90,104)(H,91,102)(H,92,105)(H,98,99)(H,110,111)/t53-,54-,55-,56-,57-,58-,59-,60-,61-,62-,63-/m0/s1. The summed E-state index contributed by atoms with van der Waals surface area (Å²) in [5, 5.41) is 58.1. The maximum atomic E-state index is 14.6. The first-order valence-corrected chi connectivity index (χ1v) is 37.4. The average Bonchev–Trinajstić information content (AvgIpc) is 1.69. The molecule has 0 aromatic heterocycles. The number of carbonyl (C=O) groups excluding carboxylic acids is 13. The lowest BCUT2D eigenvalue weighted by Crippen LogP contribution is -2.60. The molecule has 0 bridgehead atoms. The molecule has 0 aliphatic carbocycles. The molecule has 1 fully saturated rings. The average molecular weight is 1540 g/mol. The van der Waals surface area contributed by atoms with E-state index < -0.39 is 175 Å². The van der Waals surface area contributed by atoms with Gasteiger partial charge >= 0.3 is 11.9 Å². The Morgan fingerprint density at radius 3 is 1.32 bits per heavy atom. The SMILES string of the molecule is CC(C)C[C@H](NC(=O)[C@H](CC(=O)O)NC(=O)CNC(=O)CNC(=O)[C@H](Cc1ccccc1)NC(=O)[C@H](CC(C)C)NC(=O)[C@H](Cc1ccccc1)NC(=O)[C@H](CCCCN)NC(=O)[C@@H](N)Cc1ccccc1)C(=O)N[C@@H](CC(C)C)C(=O)N[C@@H](Cc1ccc(O)cc1)C(=O)N1CCC[C@H]1C(=O)N[C@@H](CCC(N)=O)C(=O)O. The third-order valence-electron chi connectivity index (χ3n) is 18.1. The zero-order valence-corrected chi connectivity index (χ0v) is 63.6. The zero-order valence-electron chi connectivity index (χ0n) is 63.6. The second kappa shape index (κ2) is 46.2. The number of amides is 13. The monoisotopic (exact) mass is 1540 g/mol. The fourth-order valence-corrected chi connectivity index (χ4v) is 12.4. The summed E-state index contributed by atoms with van der Waals surface area (Å²) >= 11 is 0. The van der Waals surface area contributed by atoms with Crippen molar-refractivity contribution in [3.63, 3.8) is 0 Å². The Morgan fingerprint density at radius 1 is 0.441 bits per heavy atom. The number of rotatable bonds is 47. The van der Waals surface area contributed by atoms with E-state index in [1.807, 2.05) is 30.3 Å². The molecule has 1 aliphatic heterocycles. The Kier molecular flexibility index (Phi) is 37.6. The number of hydrogen-bond acceptors (Lipinski definition) is 18. The summed E-state index contributed by atoms with van der Waals surface area (Å²) in [6, 6.07) is 17.1. The highest BCUT2D eigenvalue weighted by molar-refractivity contribution is 6.00. The fourth-order valence-electron chi connectivity index (χ4n) is 12.4. The van der Waals surface area contributed by atoms with E-state index in [9.17, 15) is 87.2 Å². The molecule has 5 rings (SSSR count). The van der Waals surface area contributed by atoms with Crippen LogP contribution < -0.4 is 75.7 Å². The van der Waals surface area contributed by atoms with Crippen molar-refractivity contribution in [3.8, 4) is 5.75 Å². The molecular weight excluding hydrogens is 1430 g/mol. The van der Waals surface area contributed by atoms with Gasteiger partial charge in [-0.25, -0.2) is 4.79 Å². The van der Waals surface area contributed by atoms with E-state index in [2.05, 4.69) is 58.5 Å². The Bertz CT molecular complexity index is 3800. The summed E-state index contributed by atoms with van der Waals surface area (Å²) in [5.74, 6) is -15.0. The quantitative estimate of drug-likeness (QED) is 0.0252. The first kappa shape index (κ1) is 90.3. The molecule has 0 saturated carbocycles. The van der Waals surface area contributed by atoms with E-state index in [0.29, 0.717) is 42.5 Å². The minimum Gasteiger partial charge on any atom is -0.508 e. The molecule has 604 valence electrons. The minimum atomic E-state index is -1.86. The second-order valence-electron chi connectivity index (χ2n) is 29.0. The Hall–Kier alpha value is -11.3. The lowest BCUT2D eigenvalue weighted by molar-refractivity contribution is -0.145. The number of carboxylic acids is 2. The molecule has 1 saturated heterocycles. The van der Waals surface area contributed by atoms with Gasteiger partial charge in [-0.15, -0.1) is 0 Å². The van der Waals surface area contributed by atoms with Crippen molar-refractivity contribution in [3.05, 3.63) is 138 Å². The fraction of sp³-hybridized carbons (Fsp3) is 0.500. The number of nitrogens with two attached hydrogens (primary N) is 3. The van der Waals surface area contributed by atoms with Crippen molar-refractivity contribution in [1.82, 2.24) is 63.4 Å². The normalized spacial score (nSPS) is 15.2. The number of hydrogen-bond donors (Lipinski definition) is 17. The lowest BCUT2D eigenvalue weighted by Gasteiger charge is -2.31. The van der Waals surface area contributed by atoms with E-state index in [0.717, 1.165) is 5.56 Å². The summed E-state index contributed by atoms with van der Waals surface area (Å²) in [6.07, 6.45) is -0.389. The van der Waals surface area contributed by atoms with Crippen molar-refractivity contribution in [2.75, 3.05) is 26.2 Å². The van der Waals surface area contributed by atoms with Crippen LogP contribution in [-0.4, -0.2) is 202 Å². The van der Waals surface area contributed by atoms with Gasteiger partial charge in [-0.2, -0.15) is 0 Å². The van der Waals surface area contributed by atoms with Crippen LogP contribution in [0.2, 0.25) is 0 Å². The number of aliphatic carboxylic acids is 2. The van der Waals surface area contributed by atoms with Crippen LogP contribution in [0, 0.1) is 17.8 Å². The van der Waals surface area contributed by atoms with Crippen molar-refractivity contribution < 1.29 is 87.2 Å². The molecule has 13 amide bonds. The summed E-state index contributed by atoms with van der Waals surface area (Å²) < 4.78 is 0. The molecule has 33 heteroatoms. The largest absolute Gasteiger partial charge is 0.508 e. The molecule has 0 spiro atoms. The van der Waals surface area contributed by atoms with Crippen LogP contribution in [-0.2, 0) is 97.6 Å². The van der Waals surface area contributed by atoms with E-state index in [1.54, 1.807) is 102 Å². The van der Waals surface area contributed by atoms with Crippen LogP contribution in [0.15, 0.2) is 115 Å². The Morgan fingerprint density at radius 2 is 0.856 bits per heavy atom. The van der Waals surface area contributed by atoms with Gasteiger partial charge in [0, 0.05) is 32.2 Å². The molecule has 4 aromatic carbocycles. The number of carboxylic acid groups (broad SMARTS) is 2. The first-order valence-electron chi connectivity index (χ1n) is 37.4. The number of unbranched alkanes of at least 4 members (excludes halogenated alkanes) is 1. The van der Waals surface area contributed by atoms with E-state index in [4.69, 9.17) is 17.2 Å². The number of phenols is 1. The molecule has 20 N–H and O–H groups in total. The molecule has 4 aromatic rings. The van der Waals surface area contributed by atoms with Crippen molar-refractivity contribution in [2.24, 2.45) is 35.0 Å². The molecule has 1 heterocycles. The van der Waals surface area contributed by atoms with Crippen molar-refractivity contribution in [1.29, 1.82) is 0 Å². The van der Waals surface area contributed by atoms with Gasteiger partial charge in [-0.05, 0) is 123 Å². The van der Waals surface area contributed by atoms with Crippen LogP contribution >= 0.6 is 0 Å². The number of primary amides is 1. The van der Waals surface area contributed by atoms with Crippen molar-refractivity contribution in [2.45, 2.75) is 204 Å². The number of carbonyl (C=O) groups is 15. The van der Waals surface area contributed by atoms with Gasteiger partial charge < -0.3 is 95.9 Å². The third kappa shape index (κ3) is 32.4. The highest BCUT2D eigenvalue weighted by atomic mass is 16.4. The maximum Gasteiger partial charge on any atom is 0.326 e. The van der Waals surface area contributed by atoms with Gasteiger partial charge in [0.05, 0.1) is 25.6 Å². The summed E-state index contributed by atoms with van der Waals surface area (Å²) in [6.45, 7) is 9.20. The summed E-state index contributed by atoms with van der Waals surface area (Å²) in [5.41, 5.74) is 19.8. The van der Waals surface area contributed by atoms with Crippen molar-refractivity contribution >= 4 is 88.7 Å². The third-order valence-corrected chi connectivity index (χ3v) is 18.1. The molecule has 33 nitrogen and oxygen atoms in total. The van der Waals surface area contributed by atoms with Gasteiger partial charge in [-0.3, -0.25) is 67.1 Å². The highest BCUT2D eigenvalue weighted by Crippen LogP contribution is 2.23. The smallest absolute Gasteiger partial charge is 0.326 e. The number of nitrogens with one attached hydrogen (secondary N) is 11. The summed E-state index contributed by atoms with van der Waals surface area (Å²) in [4.78, 5) is 206. The zero-order chi connectivity index (χ0) is 81.9. The van der Waals surface area contributed by atoms with E-state index in [1.165, 1.54) is 29.2 Å². The number of nitrogens with zero attached hydrogens (tertiary/aromatic N) is 1. The predicted octanol–water partition coefficient (Wildman–Crippen LogP) is -0.331. The molecule has 1 aliphatic rings. The highest BCUT2D eigenvalue weighted by Gasteiger charge is 2.41.